The molecule has 0 aromatic heterocycles. The number of alkyl halides is 3. The summed E-state index contributed by atoms with van der Waals surface area (Å²) in [4.78, 5) is 11.8. The van der Waals surface area contributed by atoms with Crippen LogP contribution in [0.3, 0.4) is 0 Å². The van der Waals surface area contributed by atoms with Gasteiger partial charge in [-0.1, -0.05) is 19.3 Å². The number of hydrogen-bond donors (Lipinski definition) is 3. The smallest absolute Gasteiger partial charge is 0.398 e. The molecule has 1 fully saturated rings. The topological polar surface area (TPSA) is 67.1 Å². The quantitative estimate of drug-likeness (QED) is 0.728. The van der Waals surface area contributed by atoms with Gasteiger partial charge in [0.05, 0.1) is 5.56 Å². The lowest BCUT2D eigenvalue weighted by Crippen LogP contribution is -2.39. The number of halogens is 3. The van der Waals surface area contributed by atoms with Crippen molar-refractivity contribution in [2.45, 2.75) is 44.3 Å². The van der Waals surface area contributed by atoms with Crippen LogP contribution in [-0.2, 0) is 6.18 Å². The number of hydrogen-bond acceptors (Lipinski definition) is 2. The van der Waals surface area contributed by atoms with Crippen LogP contribution in [0.5, 0.6) is 0 Å². The van der Waals surface area contributed by atoms with Crippen LogP contribution < -0.4 is 16.4 Å². The lowest BCUT2D eigenvalue weighted by molar-refractivity contribution is -0.136. The fraction of sp³-hybridized carbons (Fsp3) is 0.500. The van der Waals surface area contributed by atoms with Gasteiger partial charge in [-0.2, -0.15) is 13.2 Å². The van der Waals surface area contributed by atoms with Gasteiger partial charge in [0.2, 0.25) is 0 Å². The Labute approximate surface area is 120 Å². The van der Waals surface area contributed by atoms with E-state index in [4.69, 9.17) is 5.73 Å². The Balaban J connectivity index is 2.00. The lowest BCUT2D eigenvalue weighted by atomic mass is 9.96. The summed E-state index contributed by atoms with van der Waals surface area (Å²) < 4.78 is 38.2. The Kier molecular flexibility index (Phi) is 4.59. The fourth-order valence-corrected chi connectivity index (χ4v) is 2.48. The maximum Gasteiger partial charge on any atom is 0.418 e. The number of carbonyl (C=O) groups excluding carboxylic acids is 1. The highest BCUT2D eigenvalue weighted by molar-refractivity contribution is 5.89. The van der Waals surface area contributed by atoms with Gasteiger partial charge in [0.25, 0.3) is 0 Å². The van der Waals surface area contributed by atoms with E-state index >= 15 is 0 Å². The molecule has 0 aliphatic heterocycles. The first kappa shape index (κ1) is 15.5. The van der Waals surface area contributed by atoms with Crippen LogP contribution in [0.1, 0.15) is 37.7 Å². The van der Waals surface area contributed by atoms with Gasteiger partial charge in [-0.3, -0.25) is 0 Å². The first-order chi connectivity index (χ1) is 9.86. The molecule has 1 aliphatic carbocycles. The summed E-state index contributed by atoms with van der Waals surface area (Å²) in [6, 6.07) is 2.94. The number of rotatable bonds is 2. The van der Waals surface area contributed by atoms with Gasteiger partial charge < -0.3 is 16.4 Å². The maximum atomic E-state index is 12.7. The first-order valence-electron chi connectivity index (χ1n) is 6.90. The van der Waals surface area contributed by atoms with E-state index in [0.717, 1.165) is 44.2 Å². The molecule has 0 unspecified atom stereocenters. The van der Waals surface area contributed by atoms with E-state index in [1.54, 1.807) is 0 Å². The van der Waals surface area contributed by atoms with Crippen molar-refractivity contribution in [3.05, 3.63) is 23.8 Å². The Morgan fingerprint density at radius 3 is 2.48 bits per heavy atom. The van der Waals surface area contributed by atoms with E-state index in [0.29, 0.717) is 0 Å². The average Bonchev–Trinajstić information content (AvgIpc) is 2.41. The molecule has 0 heterocycles. The second kappa shape index (κ2) is 6.24. The van der Waals surface area contributed by atoms with Crippen LogP contribution in [0.4, 0.5) is 29.3 Å². The van der Waals surface area contributed by atoms with Gasteiger partial charge in [-0.25, -0.2) is 4.79 Å². The third-order valence-electron chi connectivity index (χ3n) is 3.56. The number of benzene rings is 1. The summed E-state index contributed by atoms with van der Waals surface area (Å²) in [6.45, 7) is 0. The van der Waals surface area contributed by atoms with E-state index in [2.05, 4.69) is 10.6 Å². The van der Waals surface area contributed by atoms with Crippen molar-refractivity contribution in [3.63, 3.8) is 0 Å². The molecule has 0 atom stereocenters. The molecular formula is C14H18F3N3O. The zero-order chi connectivity index (χ0) is 15.5. The SMILES string of the molecule is Nc1ccc(NC(=O)NC2CCCCC2)cc1C(F)(F)F. The summed E-state index contributed by atoms with van der Waals surface area (Å²) >= 11 is 0. The molecule has 1 aromatic rings. The number of anilines is 2. The van der Waals surface area contributed by atoms with Gasteiger partial charge in [0, 0.05) is 17.4 Å². The van der Waals surface area contributed by atoms with Crippen LogP contribution in [-0.4, -0.2) is 12.1 Å². The molecule has 4 nitrogen and oxygen atoms in total. The number of urea groups is 1. The Hall–Kier alpha value is -1.92. The fourth-order valence-electron chi connectivity index (χ4n) is 2.48. The molecule has 1 aliphatic rings. The molecule has 2 rings (SSSR count). The van der Waals surface area contributed by atoms with Crippen molar-refractivity contribution in [3.8, 4) is 0 Å². The summed E-state index contributed by atoms with van der Waals surface area (Å²) in [5.74, 6) is 0. The molecule has 0 saturated heterocycles. The Morgan fingerprint density at radius 2 is 1.86 bits per heavy atom. The van der Waals surface area contributed by atoms with Gasteiger partial charge in [0.1, 0.15) is 0 Å². The van der Waals surface area contributed by atoms with Crippen molar-refractivity contribution in [1.82, 2.24) is 5.32 Å². The number of carbonyl (C=O) groups is 1. The number of nitrogens with two attached hydrogens (primary N) is 1. The highest BCUT2D eigenvalue weighted by atomic mass is 19.4. The molecule has 4 N–H and O–H groups in total. The zero-order valence-corrected chi connectivity index (χ0v) is 11.5. The number of nitrogen functional groups attached to an aromatic ring is 1. The Bertz CT molecular complexity index is 511. The predicted octanol–water partition coefficient (Wildman–Crippen LogP) is 3.74. The largest absolute Gasteiger partial charge is 0.418 e. The highest BCUT2D eigenvalue weighted by Gasteiger charge is 2.33. The Morgan fingerprint density at radius 1 is 1.19 bits per heavy atom. The van der Waals surface area contributed by atoms with Crippen molar-refractivity contribution in [2.75, 3.05) is 11.1 Å². The minimum Gasteiger partial charge on any atom is -0.398 e. The van der Waals surface area contributed by atoms with Crippen molar-refractivity contribution in [1.29, 1.82) is 0 Å². The molecule has 0 radical (unpaired) electrons. The van der Waals surface area contributed by atoms with E-state index in [9.17, 15) is 18.0 Å². The van der Waals surface area contributed by atoms with Crippen LogP contribution >= 0.6 is 0 Å². The molecule has 0 spiro atoms. The second-order valence-electron chi connectivity index (χ2n) is 5.23. The van der Waals surface area contributed by atoms with Gasteiger partial charge >= 0.3 is 12.2 Å². The number of amides is 2. The molecule has 2 amide bonds. The van der Waals surface area contributed by atoms with Crippen molar-refractivity contribution in [2.24, 2.45) is 0 Å². The number of nitrogens with one attached hydrogen (secondary N) is 2. The molecule has 1 aromatic carbocycles. The monoisotopic (exact) mass is 301 g/mol. The van der Waals surface area contributed by atoms with Crippen molar-refractivity contribution < 1.29 is 18.0 Å². The van der Waals surface area contributed by atoms with Crippen molar-refractivity contribution >= 4 is 17.4 Å². The van der Waals surface area contributed by atoms with Gasteiger partial charge in [0.15, 0.2) is 0 Å². The predicted molar refractivity (Wildman–Crippen MR) is 74.9 cm³/mol. The summed E-state index contributed by atoms with van der Waals surface area (Å²) in [7, 11) is 0. The minimum atomic E-state index is -4.54. The summed E-state index contributed by atoms with van der Waals surface area (Å²) in [5.41, 5.74) is 4.07. The molecule has 7 heteroatoms. The molecular weight excluding hydrogens is 283 g/mol. The summed E-state index contributed by atoms with van der Waals surface area (Å²) in [5, 5.41) is 5.20. The van der Waals surface area contributed by atoms with Crippen LogP contribution in [0, 0.1) is 0 Å². The van der Waals surface area contributed by atoms with Crippen LogP contribution in [0.2, 0.25) is 0 Å². The molecule has 1 saturated carbocycles. The maximum absolute atomic E-state index is 12.7. The minimum absolute atomic E-state index is 0.0739. The standard InChI is InChI=1S/C14H18F3N3O/c15-14(16,17)11-8-10(6-7-12(11)18)20-13(21)19-9-4-2-1-3-5-9/h6-9H,1-5,18H2,(H2,19,20,21). The van der Waals surface area contributed by atoms with E-state index in [1.165, 1.54) is 6.07 Å². The normalized spacial score (nSPS) is 16.5. The third-order valence-corrected chi connectivity index (χ3v) is 3.56. The van der Waals surface area contributed by atoms with E-state index in [-0.39, 0.29) is 17.4 Å². The van der Waals surface area contributed by atoms with Gasteiger partial charge in [-0.15, -0.1) is 0 Å². The third kappa shape index (κ3) is 4.27. The lowest BCUT2D eigenvalue weighted by Gasteiger charge is -2.23. The first-order valence-corrected chi connectivity index (χ1v) is 6.90. The van der Waals surface area contributed by atoms with Crippen LogP contribution in [0.25, 0.3) is 0 Å². The van der Waals surface area contributed by atoms with Crippen LogP contribution in [0.15, 0.2) is 18.2 Å². The molecule has 116 valence electrons. The molecule has 0 bridgehead atoms. The average molecular weight is 301 g/mol. The van der Waals surface area contributed by atoms with E-state index in [1.807, 2.05) is 0 Å². The highest BCUT2D eigenvalue weighted by Crippen LogP contribution is 2.35. The van der Waals surface area contributed by atoms with E-state index < -0.39 is 17.8 Å². The van der Waals surface area contributed by atoms with Gasteiger partial charge in [-0.05, 0) is 31.0 Å². The zero-order valence-electron chi connectivity index (χ0n) is 11.5. The second-order valence-corrected chi connectivity index (χ2v) is 5.23. The summed E-state index contributed by atoms with van der Waals surface area (Å²) in [6.07, 6.45) is 0.552. The molecule has 21 heavy (non-hydrogen) atoms.